The van der Waals surface area contributed by atoms with Crippen molar-refractivity contribution < 1.29 is 4.74 Å². The number of nitrogens with zero attached hydrogens (tertiary/aromatic N) is 2. The lowest BCUT2D eigenvalue weighted by Gasteiger charge is -2.18. The maximum absolute atomic E-state index is 6.00. The van der Waals surface area contributed by atoms with E-state index in [9.17, 15) is 0 Å². The van der Waals surface area contributed by atoms with Gasteiger partial charge in [0.15, 0.2) is 0 Å². The second kappa shape index (κ2) is 7.17. The standard InChI is InChI=1S/C12H18Cl2N2O/c1-9(2)17-7-6-16(3)8-10-4-5-11(13)15-12(10)14/h4-5,9H,6-8H2,1-3H3. The Morgan fingerprint density at radius 3 is 2.65 bits per heavy atom. The molecule has 5 heteroatoms. The summed E-state index contributed by atoms with van der Waals surface area (Å²) in [6, 6.07) is 3.65. The van der Waals surface area contributed by atoms with Crippen molar-refractivity contribution in [2.24, 2.45) is 0 Å². The topological polar surface area (TPSA) is 25.4 Å². The van der Waals surface area contributed by atoms with Gasteiger partial charge in [0.05, 0.1) is 12.7 Å². The zero-order valence-corrected chi connectivity index (χ0v) is 11.9. The quantitative estimate of drug-likeness (QED) is 0.746. The molecular formula is C12H18Cl2N2O. The van der Waals surface area contributed by atoms with Crippen LogP contribution in [0.15, 0.2) is 12.1 Å². The van der Waals surface area contributed by atoms with Crippen molar-refractivity contribution in [3.05, 3.63) is 28.0 Å². The molecule has 0 aliphatic rings. The van der Waals surface area contributed by atoms with Crippen LogP contribution >= 0.6 is 23.2 Å². The van der Waals surface area contributed by atoms with Gasteiger partial charge in [0.25, 0.3) is 0 Å². The minimum Gasteiger partial charge on any atom is -0.377 e. The molecule has 0 bridgehead atoms. The predicted octanol–water partition coefficient (Wildman–Crippen LogP) is 3.25. The van der Waals surface area contributed by atoms with E-state index in [1.807, 2.05) is 27.0 Å². The highest BCUT2D eigenvalue weighted by atomic mass is 35.5. The van der Waals surface area contributed by atoms with Gasteiger partial charge in [-0.15, -0.1) is 0 Å². The van der Waals surface area contributed by atoms with Gasteiger partial charge in [-0.2, -0.15) is 0 Å². The van der Waals surface area contributed by atoms with Crippen LogP contribution in [0.25, 0.3) is 0 Å². The number of hydrogen-bond acceptors (Lipinski definition) is 3. The van der Waals surface area contributed by atoms with Gasteiger partial charge in [-0.3, -0.25) is 4.90 Å². The summed E-state index contributed by atoms with van der Waals surface area (Å²) >= 11 is 11.7. The van der Waals surface area contributed by atoms with E-state index in [-0.39, 0.29) is 6.10 Å². The predicted molar refractivity (Wildman–Crippen MR) is 71.7 cm³/mol. The highest BCUT2D eigenvalue weighted by Crippen LogP contribution is 2.17. The monoisotopic (exact) mass is 276 g/mol. The van der Waals surface area contributed by atoms with Crippen molar-refractivity contribution in [3.63, 3.8) is 0 Å². The van der Waals surface area contributed by atoms with Gasteiger partial charge in [0.1, 0.15) is 10.3 Å². The highest BCUT2D eigenvalue weighted by Gasteiger charge is 2.06. The van der Waals surface area contributed by atoms with Crippen LogP contribution in [0.1, 0.15) is 19.4 Å². The van der Waals surface area contributed by atoms with E-state index in [1.165, 1.54) is 0 Å². The van der Waals surface area contributed by atoms with Crippen molar-refractivity contribution in [1.29, 1.82) is 0 Å². The summed E-state index contributed by atoms with van der Waals surface area (Å²) in [4.78, 5) is 6.15. The number of hydrogen-bond donors (Lipinski definition) is 0. The van der Waals surface area contributed by atoms with E-state index in [0.717, 1.165) is 18.7 Å². The minimum absolute atomic E-state index is 0.268. The molecule has 1 heterocycles. The number of pyridine rings is 1. The Balaban J connectivity index is 2.42. The summed E-state index contributed by atoms with van der Waals surface area (Å²) in [5, 5.41) is 0.888. The van der Waals surface area contributed by atoms with Gasteiger partial charge in [0, 0.05) is 18.7 Å². The van der Waals surface area contributed by atoms with Gasteiger partial charge >= 0.3 is 0 Å². The lowest BCUT2D eigenvalue weighted by molar-refractivity contribution is 0.0627. The first-order chi connectivity index (χ1) is 7.99. The van der Waals surface area contributed by atoms with Crippen LogP contribution in [0, 0.1) is 0 Å². The molecule has 0 unspecified atom stereocenters. The molecule has 0 fully saturated rings. The average Bonchev–Trinajstić information content (AvgIpc) is 2.21. The van der Waals surface area contributed by atoms with Crippen LogP contribution in [-0.2, 0) is 11.3 Å². The van der Waals surface area contributed by atoms with Gasteiger partial charge in [0.2, 0.25) is 0 Å². The van der Waals surface area contributed by atoms with E-state index in [2.05, 4.69) is 9.88 Å². The van der Waals surface area contributed by atoms with Gasteiger partial charge in [-0.25, -0.2) is 4.98 Å². The van der Waals surface area contributed by atoms with E-state index < -0.39 is 0 Å². The molecule has 1 aromatic rings. The Morgan fingerprint density at radius 2 is 2.06 bits per heavy atom. The summed E-state index contributed by atoms with van der Waals surface area (Å²) in [6.45, 7) is 6.37. The van der Waals surface area contributed by atoms with Gasteiger partial charge in [-0.1, -0.05) is 29.3 Å². The third-order valence-corrected chi connectivity index (χ3v) is 2.79. The van der Waals surface area contributed by atoms with Crippen molar-refractivity contribution in [1.82, 2.24) is 9.88 Å². The van der Waals surface area contributed by atoms with Crippen molar-refractivity contribution in [2.45, 2.75) is 26.5 Å². The Labute approximate surface area is 113 Å². The lowest BCUT2D eigenvalue weighted by atomic mass is 10.2. The lowest BCUT2D eigenvalue weighted by Crippen LogP contribution is -2.24. The summed E-state index contributed by atoms with van der Waals surface area (Å²) in [7, 11) is 2.02. The first-order valence-electron chi connectivity index (χ1n) is 5.60. The average molecular weight is 277 g/mol. The first kappa shape index (κ1) is 14.7. The fourth-order valence-corrected chi connectivity index (χ4v) is 1.78. The van der Waals surface area contributed by atoms with Crippen LogP contribution in [0.2, 0.25) is 10.3 Å². The Bertz CT molecular complexity index is 358. The first-order valence-corrected chi connectivity index (χ1v) is 6.35. The number of rotatable bonds is 6. The maximum atomic E-state index is 6.00. The van der Waals surface area contributed by atoms with Crippen molar-refractivity contribution >= 4 is 23.2 Å². The molecule has 0 aliphatic heterocycles. The molecule has 3 nitrogen and oxygen atoms in total. The smallest absolute Gasteiger partial charge is 0.135 e. The fraction of sp³-hybridized carbons (Fsp3) is 0.583. The van der Waals surface area contributed by atoms with E-state index in [4.69, 9.17) is 27.9 Å². The van der Waals surface area contributed by atoms with Crippen molar-refractivity contribution in [3.8, 4) is 0 Å². The largest absolute Gasteiger partial charge is 0.377 e. The molecule has 0 saturated carbocycles. The molecule has 0 atom stereocenters. The molecule has 0 amide bonds. The number of ether oxygens (including phenoxy) is 1. The van der Waals surface area contributed by atoms with Gasteiger partial charge < -0.3 is 4.74 Å². The minimum atomic E-state index is 0.268. The van der Waals surface area contributed by atoms with Crippen LogP contribution < -0.4 is 0 Å². The molecule has 0 aliphatic carbocycles. The Kier molecular flexibility index (Phi) is 6.20. The number of likely N-dealkylation sites (N-methyl/N-ethyl adjacent to an activating group) is 1. The molecule has 0 N–H and O–H groups in total. The summed E-state index contributed by atoms with van der Waals surface area (Å²) in [5.41, 5.74) is 0.975. The van der Waals surface area contributed by atoms with Crippen LogP contribution in [0.5, 0.6) is 0 Å². The number of halogens is 2. The highest BCUT2D eigenvalue weighted by molar-refractivity contribution is 6.32. The third kappa shape index (κ3) is 5.68. The SMILES string of the molecule is CC(C)OCCN(C)Cc1ccc(Cl)nc1Cl. The molecule has 96 valence electrons. The summed E-state index contributed by atoms with van der Waals surface area (Å²) in [5.74, 6) is 0. The zero-order valence-electron chi connectivity index (χ0n) is 10.4. The summed E-state index contributed by atoms with van der Waals surface area (Å²) in [6.07, 6.45) is 0.268. The second-order valence-electron chi connectivity index (χ2n) is 4.24. The third-order valence-electron chi connectivity index (χ3n) is 2.26. The normalized spacial score (nSPS) is 11.5. The summed E-state index contributed by atoms with van der Waals surface area (Å²) < 4.78 is 5.49. The molecule has 0 radical (unpaired) electrons. The maximum Gasteiger partial charge on any atom is 0.135 e. The van der Waals surface area contributed by atoms with E-state index in [1.54, 1.807) is 6.07 Å². The number of aromatic nitrogens is 1. The molecule has 0 saturated heterocycles. The second-order valence-corrected chi connectivity index (χ2v) is 4.99. The van der Waals surface area contributed by atoms with Crippen LogP contribution in [0.4, 0.5) is 0 Å². The van der Waals surface area contributed by atoms with Crippen LogP contribution in [-0.4, -0.2) is 36.2 Å². The molecule has 1 rings (SSSR count). The Morgan fingerprint density at radius 1 is 1.35 bits per heavy atom. The van der Waals surface area contributed by atoms with E-state index in [0.29, 0.717) is 16.9 Å². The van der Waals surface area contributed by atoms with Gasteiger partial charge in [-0.05, 0) is 27.0 Å². The molecular weight excluding hydrogens is 259 g/mol. The molecule has 0 aromatic carbocycles. The molecule has 17 heavy (non-hydrogen) atoms. The zero-order chi connectivity index (χ0) is 12.8. The fourth-order valence-electron chi connectivity index (χ4n) is 1.37. The molecule has 1 aromatic heterocycles. The molecule has 0 spiro atoms. The van der Waals surface area contributed by atoms with Crippen LogP contribution in [0.3, 0.4) is 0 Å². The Hall–Kier alpha value is -0.350. The van der Waals surface area contributed by atoms with Crippen molar-refractivity contribution in [2.75, 3.05) is 20.2 Å². The van der Waals surface area contributed by atoms with E-state index >= 15 is 0 Å².